The van der Waals surface area contributed by atoms with Crippen molar-refractivity contribution in [2.24, 2.45) is 5.92 Å². The van der Waals surface area contributed by atoms with Crippen LogP contribution in [-0.4, -0.2) is 34.6 Å². The van der Waals surface area contributed by atoms with E-state index >= 15 is 0 Å². The van der Waals surface area contributed by atoms with Crippen LogP contribution in [0.3, 0.4) is 0 Å². The first kappa shape index (κ1) is 17.0. The van der Waals surface area contributed by atoms with E-state index in [1.165, 1.54) is 0 Å². The number of nitrogens with one attached hydrogen (secondary N) is 1. The van der Waals surface area contributed by atoms with Crippen LogP contribution in [0.2, 0.25) is 0 Å². The second-order valence-electron chi connectivity index (χ2n) is 5.77. The monoisotopic (exact) mass is 292 g/mol. The number of carboxylic acids is 1. The predicted molar refractivity (Wildman–Crippen MR) is 82.0 cm³/mol. The molecule has 5 nitrogen and oxygen atoms in total. The highest BCUT2D eigenvalue weighted by Crippen LogP contribution is 2.14. The third kappa shape index (κ3) is 5.10. The van der Waals surface area contributed by atoms with Gasteiger partial charge in [-0.1, -0.05) is 44.2 Å². The summed E-state index contributed by atoms with van der Waals surface area (Å²) < 4.78 is 0. The van der Waals surface area contributed by atoms with Crippen molar-refractivity contribution in [3.05, 3.63) is 35.9 Å². The molecule has 116 valence electrons. The van der Waals surface area contributed by atoms with Crippen LogP contribution < -0.4 is 5.32 Å². The van der Waals surface area contributed by atoms with Crippen LogP contribution in [0.1, 0.15) is 39.3 Å². The Hall–Kier alpha value is -2.04. The second kappa shape index (κ2) is 7.67. The first-order chi connectivity index (χ1) is 9.82. The van der Waals surface area contributed by atoms with E-state index in [-0.39, 0.29) is 12.1 Å². The normalized spacial score (nSPS) is 12.3. The Morgan fingerprint density at radius 1 is 1.14 bits per heavy atom. The minimum absolute atomic E-state index is 0.0117. The van der Waals surface area contributed by atoms with Crippen LogP contribution in [-0.2, 0) is 4.79 Å². The second-order valence-corrected chi connectivity index (χ2v) is 5.77. The van der Waals surface area contributed by atoms with Gasteiger partial charge in [-0.2, -0.15) is 0 Å². The lowest BCUT2D eigenvalue weighted by Gasteiger charge is -2.30. The summed E-state index contributed by atoms with van der Waals surface area (Å²) in [6.45, 7) is 8.47. The van der Waals surface area contributed by atoms with E-state index in [1.807, 2.05) is 33.8 Å². The lowest BCUT2D eigenvalue weighted by atomic mass is 10.1. The maximum Gasteiger partial charge on any atom is 0.330 e. The summed E-state index contributed by atoms with van der Waals surface area (Å²) in [6, 6.07) is 7.34. The van der Waals surface area contributed by atoms with Crippen molar-refractivity contribution in [1.82, 2.24) is 10.2 Å². The molecule has 0 fully saturated rings. The Labute approximate surface area is 126 Å². The summed E-state index contributed by atoms with van der Waals surface area (Å²) >= 11 is 0. The maximum atomic E-state index is 12.4. The Morgan fingerprint density at radius 2 is 1.71 bits per heavy atom. The summed E-state index contributed by atoms with van der Waals surface area (Å²) in [4.78, 5) is 25.4. The van der Waals surface area contributed by atoms with Crippen LogP contribution in [0.25, 0.3) is 0 Å². The van der Waals surface area contributed by atoms with E-state index in [0.717, 1.165) is 0 Å². The van der Waals surface area contributed by atoms with E-state index < -0.39 is 12.0 Å². The summed E-state index contributed by atoms with van der Waals surface area (Å²) in [7, 11) is 0. The number of carbonyl (C=O) groups excluding carboxylic acids is 1. The van der Waals surface area contributed by atoms with E-state index in [4.69, 9.17) is 0 Å². The quantitative estimate of drug-likeness (QED) is 0.847. The van der Waals surface area contributed by atoms with Crippen LogP contribution in [0.15, 0.2) is 30.3 Å². The van der Waals surface area contributed by atoms with Crippen molar-refractivity contribution in [3.63, 3.8) is 0 Å². The molecule has 0 aliphatic carbocycles. The molecule has 0 radical (unpaired) electrons. The molecule has 1 rings (SSSR count). The molecule has 0 aliphatic rings. The van der Waals surface area contributed by atoms with Gasteiger partial charge in [0.1, 0.15) is 0 Å². The van der Waals surface area contributed by atoms with Gasteiger partial charge in [0.2, 0.25) is 0 Å². The van der Waals surface area contributed by atoms with E-state index in [0.29, 0.717) is 18.0 Å². The van der Waals surface area contributed by atoms with Gasteiger partial charge < -0.3 is 15.3 Å². The molecule has 0 aliphatic heterocycles. The third-order valence-corrected chi connectivity index (χ3v) is 3.09. The number of carboxylic acid groups (broad SMARTS) is 1. The van der Waals surface area contributed by atoms with Gasteiger partial charge >= 0.3 is 12.0 Å². The van der Waals surface area contributed by atoms with Crippen molar-refractivity contribution < 1.29 is 14.7 Å². The van der Waals surface area contributed by atoms with Gasteiger partial charge in [-0.3, -0.25) is 0 Å². The molecular formula is C16H24N2O3. The van der Waals surface area contributed by atoms with Gasteiger partial charge in [-0.15, -0.1) is 0 Å². The molecule has 1 aromatic rings. The first-order valence-corrected chi connectivity index (χ1v) is 7.17. The van der Waals surface area contributed by atoms with Gasteiger partial charge in [0, 0.05) is 12.6 Å². The minimum atomic E-state index is -1.07. The SMILES string of the molecule is CC(C)CN(C(=O)NC(C(=O)O)c1ccccc1)C(C)C. The van der Waals surface area contributed by atoms with Gasteiger partial charge in [-0.05, 0) is 25.3 Å². The largest absolute Gasteiger partial charge is 0.479 e. The first-order valence-electron chi connectivity index (χ1n) is 7.17. The molecule has 0 saturated heterocycles. The number of hydrogen-bond donors (Lipinski definition) is 2. The number of amides is 2. The smallest absolute Gasteiger partial charge is 0.330 e. The maximum absolute atomic E-state index is 12.4. The number of hydrogen-bond acceptors (Lipinski definition) is 2. The molecule has 5 heteroatoms. The number of urea groups is 1. The topological polar surface area (TPSA) is 69.6 Å². The number of aliphatic carboxylic acids is 1. The van der Waals surface area contributed by atoms with Crippen molar-refractivity contribution >= 4 is 12.0 Å². The Morgan fingerprint density at radius 3 is 2.14 bits per heavy atom. The number of benzene rings is 1. The highest BCUT2D eigenvalue weighted by atomic mass is 16.4. The Bertz CT molecular complexity index is 472. The fourth-order valence-corrected chi connectivity index (χ4v) is 2.06. The molecule has 2 amide bonds. The van der Waals surface area contributed by atoms with Gasteiger partial charge in [0.05, 0.1) is 0 Å². The molecule has 21 heavy (non-hydrogen) atoms. The van der Waals surface area contributed by atoms with Gasteiger partial charge in [0.25, 0.3) is 0 Å². The zero-order valence-electron chi connectivity index (χ0n) is 13.0. The predicted octanol–water partition coefficient (Wildman–Crippen LogP) is 2.89. The zero-order valence-corrected chi connectivity index (χ0v) is 13.0. The van der Waals surface area contributed by atoms with Crippen LogP contribution in [0.4, 0.5) is 4.79 Å². The molecule has 0 heterocycles. The minimum Gasteiger partial charge on any atom is -0.479 e. The average Bonchev–Trinajstić information content (AvgIpc) is 2.42. The lowest BCUT2D eigenvalue weighted by Crippen LogP contribution is -2.48. The molecule has 0 bridgehead atoms. The summed E-state index contributed by atoms with van der Waals surface area (Å²) in [6.07, 6.45) is 0. The number of rotatable bonds is 6. The van der Waals surface area contributed by atoms with Crippen LogP contribution in [0, 0.1) is 5.92 Å². The fourth-order valence-electron chi connectivity index (χ4n) is 2.06. The number of carbonyl (C=O) groups is 2. The third-order valence-electron chi connectivity index (χ3n) is 3.09. The highest BCUT2D eigenvalue weighted by Gasteiger charge is 2.26. The van der Waals surface area contributed by atoms with Gasteiger partial charge in [-0.25, -0.2) is 9.59 Å². The molecular weight excluding hydrogens is 268 g/mol. The summed E-state index contributed by atoms with van der Waals surface area (Å²) in [5, 5.41) is 12.0. The Balaban J connectivity index is 2.88. The van der Waals surface area contributed by atoms with Crippen molar-refractivity contribution in [3.8, 4) is 0 Å². The molecule has 1 unspecified atom stereocenters. The molecule has 0 saturated carbocycles. The van der Waals surface area contributed by atoms with Crippen LogP contribution in [0.5, 0.6) is 0 Å². The Kier molecular flexibility index (Phi) is 6.21. The standard InChI is InChI=1S/C16H24N2O3/c1-11(2)10-18(12(3)4)16(21)17-14(15(19)20)13-8-6-5-7-9-13/h5-9,11-12,14H,10H2,1-4H3,(H,17,21)(H,19,20). The fraction of sp³-hybridized carbons (Fsp3) is 0.500. The van der Waals surface area contributed by atoms with Crippen LogP contribution >= 0.6 is 0 Å². The molecule has 1 aromatic carbocycles. The van der Waals surface area contributed by atoms with E-state index in [1.54, 1.807) is 29.2 Å². The molecule has 0 aromatic heterocycles. The lowest BCUT2D eigenvalue weighted by molar-refractivity contribution is -0.139. The zero-order chi connectivity index (χ0) is 16.0. The van der Waals surface area contributed by atoms with Crippen molar-refractivity contribution in [2.75, 3.05) is 6.54 Å². The van der Waals surface area contributed by atoms with Gasteiger partial charge in [0.15, 0.2) is 6.04 Å². The molecule has 0 spiro atoms. The summed E-state index contributed by atoms with van der Waals surface area (Å²) in [5.41, 5.74) is 0.562. The average molecular weight is 292 g/mol. The van der Waals surface area contributed by atoms with Crippen molar-refractivity contribution in [1.29, 1.82) is 0 Å². The number of nitrogens with zero attached hydrogens (tertiary/aromatic N) is 1. The van der Waals surface area contributed by atoms with E-state index in [9.17, 15) is 14.7 Å². The summed E-state index contributed by atoms with van der Waals surface area (Å²) in [5.74, 6) is -0.749. The van der Waals surface area contributed by atoms with Crippen molar-refractivity contribution in [2.45, 2.75) is 39.8 Å². The highest BCUT2D eigenvalue weighted by molar-refractivity contribution is 5.83. The molecule has 2 N–H and O–H groups in total. The molecule has 1 atom stereocenters. The van der Waals surface area contributed by atoms with E-state index in [2.05, 4.69) is 5.32 Å².